The van der Waals surface area contributed by atoms with Gasteiger partial charge in [-0.15, -0.1) is 0 Å². The molecule has 0 radical (unpaired) electrons. The Bertz CT molecular complexity index is 1420. The number of hydrogen-bond donors (Lipinski definition) is 1. The van der Waals surface area contributed by atoms with Gasteiger partial charge >= 0.3 is 5.63 Å². The van der Waals surface area contributed by atoms with Crippen LogP contribution in [-0.4, -0.2) is 34.2 Å². The Balaban J connectivity index is 1.27. The molecule has 38 heavy (non-hydrogen) atoms. The van der Waals surface area contributed by atoms with Gasteiger partial charge in [0.15, 0.2) is 6.10 Å². The average Bonchev–Trinajstić information content (AvgIpc) is 2.92. The van der Waals surface area contributed by atoms with Gasteiger partial charge in [-0.25, -0.2) is 4.79 Å². The molecule has 0 bridgehead atoms. The summed E-state index contributed by atoms with van der Waals surface area (Å²) in [5.41, 5.74) is 2.32. The highest BCUT2D eigenvalue weighted by atomic mass is 35.5. The van der Waals surface area contributed by atoms with Crippen molar-refractivity contribution in [2.45, 2.75) is 82.5 Å². The number of amides is 1. The van der Waals surface area contributed by atoms with Crippen LogP contribution >= 0.6 is 11.6 Å². The minimum atomic E-state index is -0.765. The molecule has 1 saturated heterocycles. The molecule has 1 aromatic heterocycles. The minimum Gasteiger partial charge on any atom is -0.481 e. The first-order valence-electron chi connectivity index (χ1n) is 13.9. The molecule has 0 spiro atoms. The average molecular weight is 536 g/mol. The molecule has 2 aliphatic carbocycles. The van der Waals surface area contributed by atoms with Crippen molar-refractivity contribution in [3.63, 3.8) is 0 Å². The number of aliphatic hydroxyl groups is 1. The zero-order valence-electron chi connectivity index (χ0n) is 21.7. The minimum absolute atomic E-state index is 0.0385. The molecule has 1 saturated carbocycles. The largest absolute Gasteiger partial charge is 0.481 e. The summed E-state index contributed by atoms with van der Waals surface area (Å²) in [6.07, 6.45) is 7.21. The molecule has 4 atom stereocenters. The van der Waals surface area contributed by atoms with Crippen molar-refractivity contribution in [1.82, 2.24) is 4.90 Å². The molecule has 1 amide bonds. The highest BCUT2D eigenvalue weighted by Crippen LogP contribution is 2.49. The van der Waals surface area contributed by atoms with Crippen LogP contribution in [0.4, 0.5) is 0 Å². The lowest BCUT2D eigenvalue weighted by Crippen LogP contribution is -2.58. The summed E-state index contributed by atoms with van der Waals surface area (Å²) in [7, 11) is 0. The van der Waals surface area contributed by atoms with Gasteiger partial charge in [0, 0.05) is 34.5 Å². The van der Waals surface area contributed by atoms with Gasteiger partial charge in [0.05, 0.1) is 11.6 Å². The molecule has 2 fully saturated rings. The lowest BCUT2D eigenvalue weighted by Gasteiger charge is -2.53. The second-order valence-corrected chi connectivity index (χ2v) is 11.6. The van der Waals surface area contributed by atoms with Crippen LogP contribution in [0.2, 0.25) is 5.02 Å². The number of halogens is 1. The van der Waals surface area contributed by atoms with Crippen LogP contribution in [-0.2, 0) is 17.6 Å². The maximum Gasteiger partial charge on any atom is 0.339 e. The van der Waals surface area contributed by atoms with Gasteiger partial charge < -0.3 is 19.2 Å². The Labute approximate surface area is 227 Å². The smallest absolute Gasteiger partial charge is 0.339 e. The van der Waals surface area contributed by atoms with E-state index < -0.39 is 11.7 Å². The second-order valence-electron chi connectivity index (χ2n) is 11.2. The van der Waals surface area contributed by atoms with Crippen LogP contribution in [0.5, 0.6) is 5.75 Å². The zero-order valence-corrected chi connectivity index (χ0v) is 22.5. The summed E-state index contributed by atoms with van der Waals surface area (Å²) >= 11 is 6.17. The van der Waals surface area contributed by atoms with E-state index in [0.29, 0.717) is 29.3 Å². The highest BCUT2D eigenvalue weighted by molar-refractivity contribution is 6.30. The van der Waals surface area contributed by atoms with Crippen molar-refractivity contribution in [3.05, 3.63) is 74.6 Å². The van der Waals surface area contributed by atoms with Crippen molar-refractivity contribution < 1.29 is 19.1 Å². The molecule has 7 heteroatoms. The highest BCUT2D eigenvalue weighted by Gasteiger charge is 2.50. The third kappa shape index (κ3) is 4.52. The molecule has 6 nitrogen and oxygen atoms in total. The number of ether oxygens (including phenoxy) is 1. The van der Waals surface area contributed by atoms with Gasteiger partial charge in [0.2, 0.25) is 0 Å². The number of rotatable bonds is 4. The molecular formula is C31H34ClNO5. The lowest BCUT2D eigenvalue weighted by molar-refractivity contribution is -0.161. The number of piperidine rings is 1. The summed E-state index contributed by atoms with van der Waals surface area (Å²) < 4.78 is 11.8. The predicted octanol–water partition coefficient (Wildman–Crippen LogP) is 5.99. The van der Waals surface area contributed by atoms with Crippen molar-refractivity contribution >= 4 is 28.5 Å². The molecule has 3 aliphatic rings. The standard InChI is InChI=1S/C31H34ClNO5/c1-19(37-22-13-14-24-23-6-2-3-7-25(23)30(35)38-27(24)18-22)29(34)33-17-16-31(36)15-5-4-8-26(31)28(33)20-9-11-21(32)12-10-20/h9-14,18-19,26,28,36H,2-8,15-17H2,1H3/t19-,26+,28+,31-/m1/s1. The maximum atomic E-state index is 13.9. The van der Waals surface area contributed by atoms with E-state index in [0.717, 1.165) is 73.4 Å². The molecule has 2 heterocycles. The molecule has 1 N–H and O–H groups in total. The zero-order chi connectivity index (χ0) is 26.4. The molecular weight excluding hydrogens is 502 g/mol. The van der Waals surface area contributed by atoms with Crippen molar-refractivity contribution in [1.29, 1.82) is 0 Å². The van der Waals surface area contributed by atoms with Crippen LogP contribution in [0.1, 0.15) is 74.6 Å². The number of nitrogens with zero attached hydrogens (tertiary/aromatic N) is 1. The first-order valence-corrected chi connectivity index (χ1v) is 14.3. The van der Waals surface area contributed by atoms with Gasteiger partial charge in [-0.2, -0.15) is 0 Å². The fourth-order valence-electron chi connectivity index (χ4n) is 6.99. The first kappa shape index (κ1) is 25.4. The van der Waals surface area contributed by atoms with Crippen molar-refractivity contribution in [3.8, 4) is 5.75 Å². The SMILES string of the molecule is C[C@@H](Oc1ccc2c3c(c(=O)oc2c1)CCCC3)C(=O)N1CC[C@]2(O)CCCC[C@H]2[C@@H]1c1ccc(Cl)cc1. The van der Waals surface area contributed by atoms with E-state index in [9.17, 15) is 14.7 Å². The Hall–Kier alpha value is -2.83. The van der Waals surface area contributed by atoms with Crippen molar-refractivity contribution in [2.75, 3.05) is 6.54 Å². The monoisotopic (exact) mass is 535 g/mol. The van der Waals surface area contributed by atoms with E-state index in [4.69, 9.17) is 20.8 Å². The molecule has 3 aromatic rings. The summed E-state index contributed by atoms with van der Waals surface area (Å²) in [4.78, 5) is 28.3. The number of aryl methyl sites for hydroxylation is 1. The normalized spacial score (nSPS) is 25.9. The molecule has 0 unspecified atom stereocenters. The fourth-order valence-corrected chi connectivity index (χ4v) is 7.11. The summed E-state index contributed by atoms with van der Waals surface area (Å²) in [6.45, 7) is 2.22. The third-order valence-corrected chi connectivity index (χ3v) is 9.17. The van der Waals surface area contributed by atoms with Gasteiger partial charge in [-0.3, -0.25) is 4.79 Å². The Kier molecular flexibility index (Phi) is 6.73. The van der Waals surface area contributed by atoms with Gasteiger partial charge in [0.25, 0.3) is 5.91 Å². The number of benzene rings is 2. The summed E-state index contributed by atoms with van der Waals surface area (Å²) in [5, 5.41) is 13.1. The van der Waals surface area contributed by atoms with E-state index in [2.05, 4.69) is 0 Å². The maximum absolute atomic E-state index is 13.9. The number of likely N-dealkylation sites (tertiary alicyclic amines) is 1. The van der Waals surface area contributed by atoms with E-state index >= 15 is 0 Å². The lowest BCUT2D eigenvalue weighted by atomic mass is 9.66. The summed E-state index contributed by atoms with van der Waals surface area (Å²) in [5.74, 6) is 0.333. The van der Waals surface area contributed by atoms with Crippen LogP contribution in [0, 0.1) is 5.92 Å². The third-order valence-electron chi connectivity index (χ3n) is 8.92. The molecule has 6 rings (SSSR count). The van der Waals surface area contributed by atoms with E-state index in [-0.39, 0.29) is 23.5 Å². The van der Waals surface area contributed by atoms with Crippen LogP contribution in [0.25, 0.3) is 11.0 Å². The fraction of sp³-hybridized carbons (Fsp3) is 0.484. The van der Waals surface area contributed by atoms with E-state index in [1.54, 1.807) is 13.0 Å². The van der Waals surface area contributed by atoms with Gasteiger partial charge in [-0.05, 0) is 87.3 Å². The topological polar surface area (TPSA) is 80.0 Å². The number of carbonyl (C=O) groups is 1. The first-order chi connectivity index (χ1) is 18.3. The quantitative estimate of drug-likeness (QED) is 0.415. The predicted molar refractivity (Wildman–Crippen MR) is 147 cm³/mol. The molecule has 200 valence electrons. The Morgan fingerprint density at radius 1 is 1.08 bits per heavy atom. The molecule has 1 aliphatic heterocycles. The van der Waals surface area contributed by atoms with Gasteiger partial charge in [0.1, 0.15) is 11.3 Å². The number of carbonyl (C=O) groups excluding carboxylic acids is 1. The van der Waals surface area contributed by atoms with Crippen LogP contribution in [0.15, 0.2) is 51.7 Å². The van der Waals surface area contributed by atoms with E-state index in [1.807, 2.05) is 41.3 Å². The van der Waals surface area contributed by atoms with E-state index in [1.165, 1.54) is 0 Å². The number of hydrogen-bond acceptors (Lipinski definition) is 5. The summed E-state index contributed by atoms with van der Waals surface area (Å²) in [6, 6.07) is 12.9. The van der Waals surface area contributed by atoms with Crippen LogP contribution < -0.4 is 10.4 Å². The Morgan fingerprint density at radius 3 is 2.63 bits per heavy atom. The van der Waals surface area contributed by atoms with Gasteiger partial charge in [-0.1, -0.05) is 36.6 Å². The van der Waals surface area contributed by atoms with Crippen molar-refractivity contribution in [2.24, 2.45) is 5.92 Å². The second kappa shape index (κ2) is 10.0. The number of fused-ring (bicyclic) bond motifs is 4. The Morgan fingerprint density at radius 2 is 1.84 bits per heavy atom. The van der Waals surface area contributed by atoms with Crippen LogP contribution in [0.3, 0.4) is 0 Å². The molecule has 2 aromatic carbocycles.